The number of anilines is 1. The van der Waals surface area contributed by atoms with E-state index in [0.29, 0.717) is 5.56 Å². The van der Waals surface area contributed by atoms with E-state index in [4.69, 9.17) is 4.74 Å². The summed E-state index contributed by atoms with van der Waals surface area (Å²) in [5.41, 5.74) is 0.501. The van der Waals surface area contributed by atoms with Crippen molar-refractivity contribution in [3.8, 4) is 0 Å². The molecule has 1 fully saturated rings. The number of carbonyl (C=O) groups excluding carboxylic acids is 1. The SMILES string of the molecule is COC(=O)c1ccnc(N2CCC(O)C(C)C2)c1. The minimum atomic E-state index is -0.358. The standard InChI is InChI=1S/C13H18N2O3/c1-9-8-15(6-4-11(9)16)12-7-10(3-5-14-12)13(17)18-2/h3,5,7,9,11,16H,4,6,8H2,1-2H3. The van der Waals surface area contributed by atoms with Gasteiger partial charge in [0.15, 0.2) is 0 Å². The molecule has 0 spiro atoms. The van der Waals surface area contributed by atoms with Gasteiger partial charge in [-0.3, -0.25) is 0 Å². The molecule has 0 radical (unpaired) electrons. The van der Waals surface area contributed by atoms with E-state index in [-0.39, 0.29) is 18.0 Å². The minimum absolute atomic E-state index is 0.210. The first kappa shape index (κ1) is 12.8. The number of methoxy groups -OCH3 is 1. The lowest BCUT2D eigenvalue weighted by Crippen LogP contribution is -2.42. The third-order valence-electron chi connectivity index (χ3n) is 3.35. The Morgan fingerprint density at radius 1 is 1.61 bits per heavy atom. The number of aliphatic hydroxyl groups is 1. The van der Waals surface area contributed by atoms with E-state index in [1.165, 1.54) is 7.11 Å². The molecule has 2 unspecified atom stereocenters. The van der Waals surface area contributed by atoms with Gasteiger partial charge >= 0.3 is 5.97 Å². The van der Waals surface area contributed by atoms with Crippen molar-refractivity contribution in [2.24, 2.45) is 5.92 Å². The number of nitrogens with zero attached hydrogens (tertiary/aromatic N) is 2. The number of hydrogen-bond acceptors (Lipinski definition) is 5. The van der Waals surface area contributed by atoms with Gasteiger partial charge in [-0.05, 0) is 24.5 Å². The quantitative estimate of drug-likeness (QED) is 0.796. The number of esters is 1. The number of piperidine rings is 1. The van der Waals surface area contributed by atoms with Crippen molar-refractivity contribution in [2.45, 2.75) is 19.4 Å². The van der Waals surface area contributed by atoms with Crippen LogP contribution in [-0.2, 0) is 4.74 Å². The van der Waals surface area contributed by atoms with Gasteiger partial charge in [-0.2, -0.15) is 0 Å². The molecule has 1 saturated heterocycles. The van der Waals surface area contributed by atoms with E-state index in [1.54, 1.807) is 18.3 Å². The second-order valence-corrected chi connectivity index (χ2v) is 4.67. The van der Waals surface area contributed by atoms with Gasteiger partial charge in [0.25, 0.3) is 0 Å². The molecular weight excluding hydrogens is 232 g/mol. The molecule has 5 nitrogen and oxygen atoms in total. The molecule has 1 aliphatic rings. The lowest BCUT2D eigenvalue weighted by molar-refractivity contribution is 0.0600. The first-order valence-corrected chi connectivity index (χ1v) is 6.09. The van der Waals surface area contributed by atoms with Gasteiger partial charge in [0.1, 0.15) is 5.82 Å². The Morgan fingerprint density at radius 2 is 2.39 bits per heavy atom. The van der Waals surface area contributed by atoms with Crippen molar-refractivity contribution in [3.05, 3.63) is 23.9 Å². The maximum Gasteiger partial charge on any atom is 0.338 e. The van der Waals surface area contributed by atoms with Gasteiger partial charge in [0, 0.05) is 19.3 Å². The molecule has 1 aliphatic heterocycles. The fourth-order valence-electron chi connectivity index (χ4n) is 2.18. The molecule has 0 aromatic carbocycles. The molecule has 0 saturated carbocycles. The summed E-state index contributed by atoms with van der Waals surface area (Å²) in [7, 11) is 1.36. The summed E-state index contributed by atoms with van der Waals surface area (Å²) >= 11 is 0. The Bertz CT molecular complexity index is 436. The fraction of sp³-hybridized carbons (Fsp3) is 0.538. The van der Waals surface area contributed by atoms with Crippen molar-refractivity contribution in [2.75, 3.05) is 25.1 Å². The topological polar surface area (TPSA) is 62.7 Å². The van der Waals surface area contributed by atoms with Crippen molar-refractivity contribution in [1.82, 2.24) is 4.98 Å². The molecule has 18 heavy (non-hydrogen) atoms. The minimum Gasteiger partial charge on any atom is -0.465 e. The van der Waals surface area contributed by atoms with Gasteiger partial charge in [-0.1, -0.05) is 6.92 Å². The number of aromatic nitrogens is 1. The van der Waals surface area contributed by atoms with Gasteiger partial charge in [-0.15, -0.1) is 0 Å². The average Bonchev–Trinajstić information content (AvgIpc) is 2.41. The predicted molar refractivity (Wildman–Crippen MR) is 67.6 cm³/mol. The fourth-order valence-corrected chi connectivity index (χ4v) is 2.18. The van der Waals surface area contributed by atoms with Crippen LogP contribution in [0.2, 0.25) is 0 Å². The highest BCUT2D eigenvalue weighted by Crippen LogP contribution is 2.22. The zero-order chi connectivity index (χ0) is 13.1. The van der Waals surface area contributed by atoms with Crippen LogP contribution in [0.4, 0.5) is 5.82 Å². The molecule has 0 amide bonds. The van der Waals surface area contributed by atoms with Gasteiger partial charge in [0.2, 0.25) is 0 Å². The van der Waals surface area contributed by atoms with Gasteiger partial charge in [0.05, 0.1) is 18.8 Å². The number of carbonyl (C=O) groups is 1. The summed E-state index contributed by atoms with van der Waals surface area (Å²) in [6.45, 7) is 3.52. The summed E-state index contributed by atoms with van der Waals surface area (Å²) in [5, 5.41) is 9.70. The molecule has 1 aromatic rings. The molecule has 2 atom stereocenters. The van der Waals surface area contributed by atoms with Crippen LogP contribution in [0.5, 0.6) is 0 Å². The molecular formula is C13H18N2O3. The van der Waals surface area contributed by atoms with Crippen LogP contribution in [0.3, 0.4) is 0 Å². The highest BCUT2D eigenvalue weighted by atomic mass is 16.5. The lowest BCUT2D eigenvalue weighted by atomic mass is 9.97. The van der Waals surface area contributed by atoms with E-state index in [0.717, 1.165) is 25.3 Å². The Labute approximate surface area is 106 Å². The first-order chi connectivity index (χ1) is 8.61. The van der Waals surface area contributed by atoms with E-state index in [9.17, 15) is 9.90 Å². The van der Waals surface area contributed by atoms with Crippen LogP contribution < -0.4 is 4.90 Å². The monoisotopic (exact) mass is 250 g/mol. The number of aliphatic hydroxyl groups excluding tert-OH is 1. The molecule has 0 aliphatic carbocycles. The van der Waals surface area contributed by atoms with E-state index < -0.39 is 0 Å². The average molecular weight is 250 g/mol. The van der Waals surface area contributed by atoms with Crippen LogP contribution in [0.1, 0.15) is 23.7 Å². The van der Waals surface area contributed by atoms with Crippen molar-refractivity contribution in [1.29, 1.82) is 0 Å². The molecule has 1 N–H and O–H groups in total. The molecule has 98 valence electrons. The summed E-state index contributed by atoms with van der Waals surface area (Å²) in [6, 6.07) is 3.37. The maximum absolute atomic E-state index is 11.5. The highest BCUT2D eigenvalue weighted by Gasteiger charge is 2.25. The first-order valence-electron chi connectivity index (χ1n) is 6.09. The summed E-state index contributed by atoms with van der Waals surface area (Å²) in [6.07, 6.45) is 2.09. The van der Waals surface area contributed by atoms with Crippen molar-refractivity contribution in [3.63, 3.8) is 0 Å². The lowest BCUT2D eigenvalue weighted by Gasteiger charge is -2.35. The Balaban J connectivity index is 2.16. The number of pyridine rings is 1. The highest BCUT2D eigenvalue weighted by molar-refractivity contribution is 5.90. The Hall–Kier alpha value is -1.62. The van der Waals surface area contributed by atoms with Crippen molar-refractivity contribution < 1.29 is 14.6 Å². The third-order valence-corrected chi connectivity index (χ3v) is 3.35. The van der Waals surface area contributed by atoms with Gasteiger partial charge in [-0.25, -0.2) is 9.78 Å². The molecule has 2 rings (SSSR count). The van der Waals surface area contributed by atoms with Crippen LogP contribution in [-0.4, -0.2) is 42.4 Å². The molecule has 5 heteroatoms. The van der Waals surface area contributed by atoms with E-state index in [2.05, 4.69) is 9.88 Å². The normalized spacial score (nSPS) is 23.8. The third kappa shape index (κ3) is 2.61. The van der Waals surface area contributed by atoms with Crippen LogP contribution >= 0.6 is 0 Å². The van der Waals surface area contributed by atoms with Crippen LogP contribution in [0.15, 0.2) is 18.3 Å². The van der Waals surface area contributed by atoms with Crippen LogP contribution in [0.25, 0.3) is 0 Å². The second kappa shape index (κ2) is 5.35. The smallest absolute Gasteiger partial charge is 0.338 e. The van der Waals surface area contributed by atoms with E-state index in [1.807, 2.05) is 6.92 Å². The zero-order valence-electron chi connectivity index (χ0n) is 10.7. The molecule has 2 heterocycles. The number of ether oxygens (including phenoxy) is 1. The Morgan fingerprint density at radius 3 is 3.06 bits per heavy atom. The summed E-state index contributed by atoms with van der Waals surface area (Å²) in [4.78, 5) is 17.8. The second-order valence-electron chi connectivity index (χ2n) is 4.67. The summed E-state index contributed by atoms with van der Waals surface area (Å²) in [5.74, 6) is 0.614. The zero-order valence-corrected chi connectivity index (χ0v) is 10.7. The van der Waals surface area contributed by atoms with E-state index >= 15 is 0 Å². The largest absolute Gasteiger partial charge is 0.465 e. The number of rotatable bonds is 2. The van der Waals surface area contributed by atoms with Crippen LogP contribution in [0, 0.1) is 5.92 Å². The maximum atomic E-state index is 11.5. The van der Waals surface area contributed by atoms with Gasteiger partial charge < -0.3 is 14.7 Å². The summed E-state index contributed by atoms with van der Waals surface area (Å²) < 4.78 is 4.69. The Kier molecular flexibility index (Phi) is 3.81. The molecule has 1 aromatic heterocycles. The predicted octanol–water partition coefficient (Wildman–Crippen LogP) is 1.08. The number of hydrogen-bond donors (Lipinski definition) is 1. The molecule has 0 bridgehead atoms. The van der Waals surface area contributed by atoms with Crippen molar-refractivity contribution >= 4 is 11.8 Å².